The standard InChI is InChI=1S/C19H19FN4O.ClH/c20-14-3-1-12(2-4-14)18-23-16-6-5-15(11-17(16)24-18)22-19(25)13-7-9-21-10-8-13;/h1-6,11,13,21H,7-10H2,(H,22,25)(H,23,24);1H. The Morgan fingerprint density at radius 1 is 1.12 bits per heavy atom. The number of anilines is 1. The molecule has 1 aliphatic rings. The molecule has 1 aliphatic heterocycles. The van der Waals surface area contributed by atoms with Gasteiger partial charge in [0.1, 0.15) is 11.6 Å². The van der Waals surface area contributed by atoms with Gasteiger partial charge < -0.3 is 15.6 Å². The van der Waals surface area contributed by atoms with Crippen molar-refractivity contribution in [2.45, 2.75) is 12.8 Å². The van der Waals surface area contributed by atoms with Crippen LogP contribution in [0.3, 0.4) is 0 Å². The first-order valence-corrected chi connectivity index (χ1v) is 8.46. The number of piperidine rings is 1. The molecule has 0 radical (unpaired) electrons. The van der Waals surface area contributed by atoms with Crippen LogP contribution in [0.4, 0.5) is 10.1 Å². The number of benzene rings is 2. The van der Waals surface area contributed by atoms with E-state index in [2.05, 4.69) is 20.6 Å². The number of aromatic nitrogens is 2. The van der Waals surface area contributed by atoms with Crippen LogP contribution in [-0.4, -0.2) is 29.0 Å². The number of amides is 1. The van der Waals surface area contributed by atoms with Gasteiger partial charge in [0.2, 0.25) is 5.91 Å². The van der Waals surface area contributed by atoms with Crippen molar-refractivity contribution < 1.29 is 9.18 Å². The Hall–Kier alpha value is -2.44. The molecule has 7 heteroatoms. The van der Waals surface area contributed by atoms with Crippen LogP contribution < -0.4 is 10.6 Å². The first-order chi connectivity index (χ1) is 12.2. The highest BCUT2D eigenvalue weighted by molar-refractivity contribution is 5.94. The SMILES string of the molecule is Cl.O=C(Nc1ccc2nc(-c3ccc(F)cc3)[nH]c2c1)C1CCNCC1. The van der Waals surface area contributed by atoms with Gasteiger partial charge in [-0.3, -0.25) is 4.79 Å². The summed E-state index contributed by atoms with van der Waals surface area (Å²) >= 11 is 0. The molecule has 136 valence electrons. The molecule has 0 aliphatic carbocycles. The average Bonchev–Trinajstić information content (AvgIpc) is 3.06. The van der Waals surface area contributed by atoms with Crippen molar-refractivity contribution in [1.29, 1.82) is 0 Å². The van der Waals surface area contributed by atoms with Crippen molar-refractivity contribution in [3.8, 4) is 11.4 Å². The van der Waals surface area contributed by atoms with E-state index in [4.69, 9.17) is 0 Å². The van der Waals surface area contributed by atoms with Crippen molar-refractivity contribution in [3.63, 3.8) is 0 Å². The van der Waals surface area contributed by atoms with E-state index in [1.54, 1.807) is 12.1 Å². The molecule has 1 aromatic heterocycles. The number of aromatic amines is 1. The molecule has 0 atom stereocenters. The molecule has 0 saturated carbocycles. The molecule has 0 unspecified atom stereocenters. The summed E-state index contributed by atoms with van der Waals surface area (Å²) in [5, 5.41) is 6.26. The molecule has 0 bridgehead atoms. The first-order valence-electron chi connectivity index (χ1n) is 8.46. The number of carbonyl (C=O) groups is 1. The average molecular weight is 375 g/mol. The number of fused-ring (bicyclic) bond motifs is 1. The quantitative estimate of drug-likeness (QED) is 0.654. The highest BCUT2D eigenvalue weighted by Crippen LogP contribution is 2.24. The summed E-state index contributed by atoms with van der Waals surface area (Å²) in [6, 6.07) is 11.8. The third-order valence-electron chi connectivity index (χ3n) is 4.58. The van der Waals surface area contributed by atoms with Gasteiger partial charge in [-0.15, -0.1) is 12.4 Å². The van der Waals surface area contributed by atoms with E-state index < -0.39 is 0 Å². The van der Waals surface area contributed by atoms with Gasteiger partial charge in [-0.05, 0) is 68.4 Å². The van der Waals surface area contributed by atoms with Crippen LogP contribution in [0.1, 0.15) is 12.8 Å². The normalized spacial score (nSPS) is 14.8. The smallest absolute Gasteiger partial charge is 0.227 e. The molecular formula is C19H20ClFN4O. The summed E-state index contributed by atoms with van der Waals surface area (Å²) in [4.78, 5) is 20.1. The van der Waals surface area contributed by atoms with E-state index in [0.29, 0.717) is 5.82 Å². The predicted octanol–water partition coefficient (Wildman–Crippen LogP) is 3.73. The second-order valence-electron chi connectivity index (χ2n) is 6.34. The number of nitrogens with one attached hydrogen (secondary N) is 3. The van der Waals surface area contributed by atoms with Crippen molar-refractivity contribution in [3.05, 3.63) is 48.3 Å². The van der Waals surface area contributed by atoms with E-state index in [1.165, 1.54) is 12.1 Å². The fraction of sp³-hybridized carbons (Fsp3) is 0.263. The largest absolute Gasteiger partial charge is 0.338 e. The van der Waals surface area contributed by atoms with Crippen LogP contribution >= 0.6 is 12.4 Å². The molecule has 0 spiro atoms. The van der Waals surface area contributed by atoms with Gasteiger partial charge >= 0.3 is 0 Å². The Bertz CT molecular complexity index is 904. The number of halogens is 2. The third kappa shape index (κ3) is 3.86. The fourth-order valence-corrected chi connectivity index (χ4v) is 3.16. The monoisotopic (exact) mass is 374 g/mol. The number of H-pyrrole nitrogens is 1. The number of rotatable bonds is 3. The second kappa shape index (κ2) is 7.85. The molecule has 2 aromatic carbocycles. The van der Waals surface area contributed by atoms with E-state index >= 15 is 0 Å². The van der Waals surface area contributed by atoms with Gasteiger partial charge in [0.25, 0.3) is 0 Å². The number of carbonyl (C=O) groups excluding carboxylic acids is 1. The van der Waals surface area contributed by atoms with Crippen molar-refractivity contribution in [1.82, 2.24) is 15.3 Å². The topological polar surface area (TPSA) is 69.8 Å². The zero-order valence-corrected chi connectivity index (χ0v) is 14.9. The molecule has 3 N–H and O–H groups in total. The number of hydrogen-bond donors (Lipinski definition) is 3. The van der Waals surface area contributed by atoms with E-state index in [9.17, 15) is 9.18 Å². The van der Waals surface area contributed by atoms with Crippen LogP contribution in [-0.2, 0) is 4.79 Å². The number of imidazole rings is 1. The summed E-state index contributed by atoms with van der Waals surface area (Å²) in [5.74, 6) is 0.534. The van der Waals surface area contributed by atoms with Gasteiger partial charge in [-0.1, -0.05) is 0 Å². The Labute approximate surface area is 156 Å². The Balaban J connectivity index is 0.00000196. The molecule has 3 aromatic rings. The van der Waals surface area contributed by atoms with Crippen LogP contribution in [0.2, 0.25) is 0 Å². The van der Waals surface area contributed by atoms with Crippen molar-refractivity contribution in [2.24, 2.45) is 5.92 Å². The molecule has 2 heterocycles. The van der Waals surface area contributed by atoms with E-state index in [1.807, 2.05) is 18.2 Å². The lowest BCUT2D eigenvalue weighted by Crippen LogP contribution is -2.34. The number of hydrogen-bond acceptors (Lipinski definition) is 3. The maximum Gasteiger partial charge on any atom is 0.227 e. The zero-order valence-electron chi connectivity index (χ0n) is 14.1. The van der Waals surface area contributed by atoms with Gasteiger partial charge in [0.05, 0.1) is 11.0 Å². The maximum atomic E-state index is 13.1. The first kappa shape index (κ1) is 18.4. The van der Waals surface area contributed by atoms with Gasteiger partial charge in [-0.2, -0.15) is 0 Å². The number of nitrogens with zero attached hydrogens (tertiary/aromatic N) is 1. The maximum absolute atomic E-state index is 13.1. The Kier molecular flexibility index (Phi) is 5.54. The lowest BCUT2D eigenvalue weighted by atomic mass is 9.97. The van der Waals surface area contributed by atoms with Crippen LogP contribution in [0.5, 0.6) is 0 Å². The van der Waals surface area contributed by atoms with Crippen LogP contribution in [0, 0.1) is 11.7 Å². The summed E-state index contributed by atoms with van der Waals surface area (Å²) in [6.07, 6.45) is 1.74. The predicted molar refractivity (Wildman–Crippen MR) is 103 cm³/mol. The van der Waals surface area contributed by atoms with Crippen LogP contribution in [0.15, 0.2) is 42.5 Å². The third-order valence-corrected chi connectivity index (χ3v) is 4.58. The van der Waals surface area contributed by atoms with Crippen LogP contribution in [0.25, 0.3) is 22.4 Å². The summed E-state index contributed by atoms with van der Waals surface area (Å²) in [7, 11) is 0. The molecule has 4 rings (SSSR count). The minimum absolute atomic E-state index is 0. The second-order valence-corrected chi connectivity index (χ2v) is 6.34. The molecule has 1 saturated heterocycles. The Morgan fingerprint density at radius 3 is 2.58 bits per heavy atom. The van der Waals surface area contributed by atoms with Gasteiger partial charge in [-0.25, -0.2) is 9.37 Å². The molecule has 1 fully saturated rings. The van der Waals surface area contributed by atoms with Gasteiger partial charge in [0.15, 0.2) is 0 Å². The van der Waals surface area contributed by atoms with Crippen molar-refractivity contribution >= 4 is 35.0 Å². The lowest BCUT2D eigenvalue weighted by Gasteiger charge is -2.21. The molecular weight excluding hydrogens is 355 g/mol. The minimum Gasteiger partial charge on any atom is -0.338 e. The molecule has 26 heavy (non-hydrogen) atoms. The highest BCUT2D eigenvalue weighted by Gasteiger charge is 2.21. The molecule has 1 amide bonds. The zero-order chi connectivity index (χ0) is 17.2. The Morgan fingerprint density at radius 2 is 1.85 bits per heavy atom. The van der Waals surface area contributed by atoms with E-state index in [-0.39, 0.29) is 30.0 Å². The lowest BCUT2D eigenvalue weighted by molar-refractivity contribution is -0.120. The minimum atomic E-state index is -0.275. The molecule has 5 nitrogen and oxygen atoms in total. The van der Waals surface area contributed by atoms with Crippen molar-refractivity contribution in [2.75, 3.05) is 18.4 Å². The van der Waals surface area contributed by atoms with Gasteiger partial charge in [0, 0.05) is 17.2 Å². The van der Waals surface area contributed by atoms with E-state index in [0.717, 1.165) is 48.2 Å². The highest BCUT2D eigenvalue weighted by atomic mass is 35.5. The summed E-state index contributed by atoms with van der Waals surface area (Å²) in [6.45, 7) is 1.78. The fourth-order valence-electron chi connectivity index (χ4n) is 3.16. The summed E-state index contributed by atoms with van der Waals surface area (Å²) < 4.78 is 13.1. The summed E-state index contributed by atoms with van der Waals surface area (Å²) in [5.41, 5.74) is 3.21.